The Morgan fingerprint density at radius 3 is 2.56 bits per heavy atom. The molecule has 0 aliphatic heterocycles. The van der Waals surface area contributed by atoms with E-state index >= 15 is 0 Å². The van der Waals surface area contributed by atoms with Crippen molar-refractivity contribution >= 4 is 10.2 Å². The number of nitrogens with one attached hydrogen (secondary N) is 1. The highest BCUT2D eigenvalue weighted by Crippen LogP contribution is 2.30. The highest BCUT2D eigenvalue weighted by molar-refractivity contribution is 7.87. The molecule has 18 heavy (non-hydrogen) atoms. The van der Waals surface area contributed by atoms with Crippen LogP contribution in [0.2, 0.25) is 0 Å². The van der Waals surface area contributed by atoms with Gasteiger partial charge in [-0.15, -0.1) is 0 Å². The maximum atomic E-state index is 12.3. The number of nitrogens with two attached hydrogens (primary N) is 1. The van der Waals surface area contributed by atoms with E-state index in [2.05, 4.69) is 4.72 Å². The van der Waals surface area contributed by atoms with Crippen LogP contribution in [-0.4, -0.2) is 38.4 Å². The molecule has 1 aliphatic rings. The first kappa shape index (κ1) is 15.9. The van der Waals surface area contributed by atoms with Gasteiger partial charge in [-0.3, -0.25) is 0 Å². The average Bonchev–Trinajstić information content (AvgIpc) is 2.75. The normalized spacial score (nSPS) is 25.2. The van der Waals surface area contributed by atoms with Crippen LogP contribution in [0.25, 0.3) is 0 Å². The van der Waals surface area contributed by atoms with Gasteiger partial charge in [0.1, 0.15) is 0 Å². The van der Waals surface area contributed by atoms with Crippen LogP contribution in [0.15, 0.2) is 0 Å². The molecule has 0 aromatic carbocycles. The summed E-state index contributed by atoms with van der Waals surface area (Å²) in [6.45, 7) is 7.45. The summed E-state index contributed by atoms with van der Waals surface area (Å²) in [4.78, 5) is 0. The van der Waals surface area contributed by atoms with Gasteiger partial charge in [-0.25, -0.2) is 4.72 Å². The standard InChI is InChI=1S/C12H27N3O2S/c1-4-15(12-7-5-6-11(12)8-13)18(16,17)14-9-10(2)3/h10-12,14H,4-9,13H2,1-3H3. The number of rotatable bonds is 7. The second-order valence-corrected chi connectivity index (χ2v) is 7.15. The zero-order valence-corrected chi connectivity index (χ0v) is 12.5. The van der Waals surface area contributed by atoms with Crippen LogP contribution in [-0.2, 0) is 10.2 Å². The summed E-state index contributed by atoms with van der Waals surface area (Å²) in [5.74, 6) is 0.618. The Labute approximate surface area is 111 Å². The van der Waals surface area contributed by atoms with Crippen molar-refractivity contribution in [2.24, 2.45) is 17.6 Å². The zero-order valence-electron chi connectivity index (χ0n) is 11.7. The summed E-state index contributed by atoms with van der Waals surface area (Å²) in [7, 11) is -3.37. The van der Waals surface area contributed by atoms with Gasteiger partial charge in [0.15, 0.2) is 0 Å². The Morgan fingerprint density at radius 2 is 2.06 bits per heavy atom. The third kappa shape index (κ3) is 3.91. The van der Waals surface area contributed by atoms with Gasteiger partial charge >= 0.3 is 0 Å². The molecular formula is C12H27N3O2S. The van der Waals surface area contributed by atoms with Gasteiger partial charge in [0, 0.05) is 19.1 Å². The molecule has 108 valence electrons. The molecule has 2 atom stereocenters. The van der Waals surface area contributed by atoms with Crippen molar-refractivity contribution in [3.63, 3.8) is 0 Å². The second kappa shape index (κ2) is 6.84. The van der Waals surface area contributed by atoms with Crippen molar-refractivity contribution < 1.29 is 8.42 Å². The Kier molecular flexibility index (Phi) is 6.04. The molecule has 3 N–H and O–H groups in total. The number of hydrogen-bond donors (Lipinski definition) is 2. The van der Waals surface area contributed by atoms with E-state index in [1.807, 2.05) is 20.8 Å². The van der Waals surface area contributed by atoms with Crippen LogP contribution in [0.5, 0.6) is 0 Å². The summed E-state index contributed by atoms with van der Waals surface area (Å²) < 4.78 is 28.9. The maximum Gasteiger partial charge on any atom is 0.279 e. The predicted molar refractivity (Wildman–Crippen MR) is 74.3 cm³/mol. The zero-order chi connectivity index (χ0) is 13.8. The van der Waals surface area contributed by atoms with Crippen LogP contribution in [0.1, 0.15) is 40.0 Å². The number of nitrogens with zero attached hydrogens (tertiary/aromatic N) is 1. The highest BCUT2D eigenvalue weighted by Gasteiger charge is 2.36. The van der Waals surface area contributed by atoms with E-state index in [1.54, 1.807) is 4.31 Å². The summed E-state index contributed by atoms with van der Waals surface area (Å²) in [6.07, 6.45) is 3.04. The lowest BCUT2D eigenvalue weighted by atomic mass is 10.0. The molecule has 1 fully saturated rings. The van der Waals surface area contributed by atoms with Crippen LogP contribution >= 0.6 is 0 Å². The Morgan fingerprint density at radius 1 is 1.39 bits per heavy atom. The van der Waals surface area contributed by atoms with Gasteiger partial charge in [-0.2, -0.15) is 12.7 Å². The van der Waals surface area contributed by atoms with Crippen molar-refractivity contribution in [3.05, 3.63) is 0 Å². The van der Waals surface area contributed by atoms with Gasteiger partial charge in [-0.05, 0) is 31.2 Å². The molecule has 0 radical (unpaired) electrons. The molecule has 0 aromatic rings. The molecule has 1 saturated carbocycles. The molecule has 0 heterocycles. The van der Waals surface area contributed by atoms with Crippen LogP contribution in [0.3, 0.4) is 0 Å². The molecule has 6 heteroatoms. The van der Waals surface area contributed by atoms with Crippen molar-refractivity contribution in [2.75, 3.05) is 19.6 Å². The van der Waals surface area contributed by atoms with E-state index in [0.717, 1.165) is 19.3 Å². The molecule has 0 saturated heterocycles. The second-order valence-electron chi connectivity index (χ2n) is 5.44. The van der Waals surface area contributed by atoms with Gasteiger partial charge in [0.05, 0.1) is 0 Å². The SMILES string of the molecule is CCN(C1CCCC1CN)S(=O)(=O)NCC(C)C. The van der Waals surface area contributed by atoms with Crippen LogP contribution in [0.4, 0.5) is 0 Å². The quantitative estimate of drug-likeness (QED) is 0.727. The topological polar surface area (TPSA) is 75.4 Å². The fourth-order valence-corrected chi connectivity index (χ4v) is 4.29. The van der Waals surface area contributed by atoms with Crippen LogP contribution < -0.4 is 10.5 Å². The molecule has 2 unspecified atom stereocenters. The van der Waals surface area contributed by atoms with Crippen molar-refractivity contribution in [1.82, 2.24) is 9.03 Å². The molecule has 5 nitrogen and oxygen atoms in total. The molecule has 0 bridgehead atoms. The lowest BCUT2D eigenvalue weighted by Crippen LogP contribution is -2.49. The molecular weight excluding hydrogens is 250 g/mol. The first-order valence-corrected chi connectivity index (χ1v) is 8.32. The predicted octanol–water partition coefficient (Wildman–Crippen LogP) is 0.926. The fraction of sp³-hybridized carbons (Fsp3) is 1.00. The van der Waals surface area contributed by atoms with Crippen molar-refractivity contribution in [3.8, 4) is 0 Å². The average molecular weight is 277 g/mol. The third-order valence-electron chi connectivity index (χ3n) is 3.59. The monoisotopic (exact) mass is 277 g/mol. The van der Waals surface area contributed by atoms with Gasteiger partial charge in [0.25, 0.3) is 10.2 Å². The highest BCUT2D eigenvalue weighted by atomic mass is 32.2. The minimum absolute atomic E-state index is 0.0738. The fourth-order valence-electron chi connectivity index (χ4n) is 2.61. The van der Waals surface area contributed by atoms with Crippen molar-refractivity contribution in [1.29, 1.82) is 0 Å². The van der Waals surface area contributed by atoms with E-state index in [0.29, 0.717) is 31.5 Å². The lowest BCUT2D eigenvalue weighted by molar-refractivity contribution is 0.272. The van der Waals surface area contributed by atoms with E-state index < -0.39 is 10.2 Å². The van der Waals surface area contributed by atoms with E-state index in [9.17, 15) is 8.42 Å². The smallest absolute Gasteiger partial charge is 0.279 e. The van der Waals surface area contributed by atoms with E-state index in [1.165, 1.54) is 0 Å². The number of hydrogen-bond acceptors (Lipinski definition) is 3. The molecule has 0 amide bonds. The van der Waals surface area contributed by atoms with Gasteiger partial charge in [-0.1, -0.05) is 27.2 Å². The summed E-state index contributed by atoms with van der Waals surface area (Å²) in [6, 6.07) is 0.0738. The third-order valence-corrected chi connectivity index (χ3v) is 5.26. The summed E-state index contributed by atoms with van der Waals surface area (Å²) in [5, 5.41) is 0. The molecule has 0 spiro atoms. The van der Waals surface area contributed by atoms with Gasteiger partial charge in [0.2, 0.25) is 0 Å². The first-order chi connectivity index (χ1) is 8.42. The summed E-state index contributed by atoms with van der Waals surface area (Å²) in [5.41, 5.74) is 5.74. The van der Waals surface area contributed by atoms with Crippen molar-refractivity contribution in [2.45, 2.75) is 46.1 Å². The Hall–Kier alpha value is -0.170. The van der Waals surface area contributed by atoms with E-state index in [4.69, 9.17) is 5.73 Å². The van der Waals surface area contributed by atoms with E-state index in [-0.39, 0.29) is 6.04 Å². The maximum absolute atomic E-state index is 12.3. The van der Waals surface area contributed by atoms with Crippen LogP contribution in [0, 0.1) is 11.8 Å². The Bertz CT molecular complexity index is 343. The minimum Gasteiger partial charge on any atom is -0.330 e. The summed E-state index contributed by atoms with van der Waals surface area (Å²) >= 11 is 0. The minimum atomic E-state index is -3.37. The lowest BCUT2D eigenvalue weighted by Gasteiger charge is -2.31. The largest absolute Gasteiger partial charge is 0.330 e. The molecule has 1 rings (SSSR count). The first-order valence-electron chi connectivity index (χ1n) is 6.88. The van der Waals surface area contributed by atoms with Gasteiger partial charge < -0.3 is 5.73 Å². The molecule has 1 aliphatic carbocycles. The Balaban J connectivity index is 2.75. The molecule has 0 aromatic heterocycles.